The highest BCUT2D eigenvalue weighted by Gasteiger charge is 2.59. The Morgan fingerprint density at radius 3 is 2.75 bits per heavy atom. The van der Waals surface area contributed by atoms with Crippen LogP contribution in [0.3, 0.4) is 0 Å². The van der Waals surface area contributed by atoms with Crippen molar-refractivity contribution in [3.05, 3.63) is 47.0 Å². The van der Waals surface area contributed by atoms with Crippen molar-refractivity contribution in [1.29, 1.82) is 0 Å². The van der Waals surface area contributed by atoms with Gasteiger partial charge < -0.3 is 5.32 Å². The van der Waals surface area contributed by atoms with Gasteiger partial charge >= 0.3 is 6.03 Å². The van der Waals surface area contributed by atoms with Gasteiger partial charge in [0, 0.05) is 12.1 Å². The summed E-state index contributed by atoms with van der Waals surface area (Å²) in [5, 5.41) is 7.67. The normalized spacial score (nSPS) is 25.9. The van der Waals surface area contributed by atoms with E-state index in [1.165, 1.54) is 4.90 Å². The topological polar surface area (TPSA) is 80.1 Å². The summed E-state index contributed by atoms with van der Waals surface area (Å²) in [5.41, 5.74) is 0.215. The summed E-state index contributed by atoms with van der Waals surface area (Å²) in [7, 11) is 1.74. The summed E-state index contributed by atoms with van der Waals surface area (Å²) >= 11 is 6.23. The van der Waals surface area contributed by atoms with E-state index in [9.17, 15) is 9.59 Å². The van der Waals surface area contributed by atoms with Crippen molar-refractivity contribution in [1.82, 2.24) is 25.0 Å². The number of amides is 3. The molecule has 2 fully saturated rings. The SMILES string of the molecule is Cn1cnc(CN2C(=O)NC3(CC(c4ccccc4Cl)C3)C2=O)n1. The molecule has 8 heteroatoms. The van der Waals surface area contributed by atoms with Gasteiger partial charge in [0.2, 0.25) is 0 Å². The maximum atomic E-state index is 12.7. The number of carbonyl (C=O) groups is 2. The lowest BCUT2D eigenvalue weighted by atomic mass is 9.65. The van der Waals surface area contributed by atoms with Crippen LogP contribution in [0.1, 0.15) is 30.1 Å². The van der Waals surface area contributed by atoms with E-state index < -0.39 is 5.54 Å². The van der Waals surface area contributed by atoms with Crippen molar-refractivity contribution < 1.29 is 9.59 Å². The molecule has 1 aliphatic heterocycles. The number of nitrogens with one attached hydrogen (secondary N) is 1. The Bertz CT molecular complexity index is 827. The number of rotatable bonds is 3. The molecular formula is C16H16ClN5O2. The van der Waals surface area contributed by atoms with E-state index in [0.717, 1.165) is 5.56 Å². The molecule has 3 amide bonds. The summed E-state index contributed by atoms with van der Waals surface area (Å²) in [6, 6.07) is 7.24. The van der Waals surface area contributed by atoms with Gasteiger partial charge in [0.1, 0.15) is 11.9 Å². The van der Waals surface area contributed by atoms with Crippen LogP contribution in [-0.2, 0) is 18.4 Å². The van der Waals surface area contributed by atoms with Crippen LogP contribution in [0.2, 0.25) is 5.02 Å². The van der Waals surface area contributed by atoms with Crippen LogP contribution in [0.4, 0.5) is 4.79 Å². The second kappa shape index (κ2) is 5.31. The number of halogens is 1. The third kappa shape index (κ3) is 2.27. The monoisotopic (exact) mass is 345 g/mol. The van der Waals surface area contributed by atoms with Crippen molar-refractivity contribution in [2.75, 3.05) is 0 Å². The molecule has 1 N–H and O–H groups in total. The Kier molecular flexibility index (Phi) is 3.35. The molecule has 1 aromatic heterocycles. The molecule has 1 spiro atoms. The number of aromatic nitrogens is 3. The Morgan fingerprint density at radius 2 is 2.08 bits per heavy atom. The number of carbonyl (C=O) groups excluding carboxylic acids is 2. The predicted octanol–water partition coefficient (Wildman–Crippen LogP) is 1.84. The largest absolute Gasteiger partial charge is 0.325 e. The molecular weight excluding hydrogens is 330 g/mol. The maximum absolute atomic E-state index is 12.7. The third-order valence-corrected chi connectivity index (χ3v) is 5.07. The lowest BCUT2D eigenvalue weighted by molar-refractivity contribution is -0.135. The van der Waals surface area contributed by atoms with Crippen LogP contribution in [-0.4, -0.2) is 37.1 Å². The Morgan fingerprint density at radius 1 is 1.33 bits per heavy atom. The first-order valence-electron chi connectivity index (χ1n) is 7.71. The maximum Gasteiger partial charge on any atom is 0.325 e. The zero-order chi connectivity index (χ0) is 16.9. The van der Waals surface area contributed by atoms with E-state index in [2.05, 4.69) is 15.4 Å². The number of benzene rings is 1. The van der Waals surface area contributed by atoms with Crippen LogP contribution in [0, 0.1) is 0 Å². The fraction of sp³-hybridized carbons (Fsp3) is 0.375. The molecule has 0 bridgehead atoms. The van der Waals surface area contributed by atoms with Gasteiger partial charge in [0.25, 0.3) is 5.91 Å². The minimum atomic E-state index is -0.810. The summed E-state index contributed by atoms with van der Waals surface area (Å²) in [6.07, 6.45) is 2.67. The molecule has 124 valence electrons. The average molecular weight is 346 g/mol. The molecule has 2 heterocycles. The Labute approximate surface area is 143 Å². The molecule has 2 aromatic rings. The standard InChI is InChI=1S/C16H16ClN5O2/c1-21-9-18-13(20-21)8-22-14(23)16(19-15(22)24)6-10(7-16)11-4-2-3-5-12(11)17/h2-5,9-10H,6-8H2,1H3,(H,19,24). The number of hydrogen-bond donors (Lipinski definition) is 1. The number of aryl methyl sites for hydroxylation is 1. The smallest absolute Gasteiger partial charge is 0.323 e. The van der Waals surface area contributed by atoms with Gasteiger partial charge in [0.05, 0.1) is 6.54 Å². The van der Waals surface area contributed by atoms with Gasteiger partial charge in [-0.15, -0.1) is 0 Å². The minimum Gasteiger partial charge on any atom is -0.323 e. The van der Waals surface area contributed by atoms with Gasteiger partial charge in [-0.1, -0.05) is 29.8 Å². The molecule has 1 saturated heterocycles. The number of imide groups is 1. The lowest BCUT2D eigenvalue weighted by Crippen LogP contribution is -2.56. The van der Waals surface area contributed by atoms with E-state index in [1.54, 1.807) is 18.1 Å². The Hall–Kier alpha value is -2.41. The fourth-order valence-electron chi connectivity index (χ4n) is 3.50. The minimum absolute atomic E-state index is 0.0873. The zero-order valence-corrected chi connectivity index (χ0v) is 13.8. The van der Waals surface area contributed by atoms with Gasteiger partial charge in [0.15, 0.2) is 5.82 Å². The first-order chi connectivity index (χ1) is 11.5. The van der Waals surface area contributed by atoms with Gasteiger partial charge in [-0.25, -0.2) is 9.78 Å². The highest BCUT2D eigenvalue weighted by Crippen LogP contribution is 2.49. The molecule has 24 heavy (non-hydrogen) atoms. The molecule has 4 rings (SSSR count). The first kappa shape index (κ1) is 15.1. The fourth-order valence-corrected chi connectivity index (χ4v) is 3.79. The van der Waals surface area contributed by atoms with Gasteiger partial charge in [-0.2, -0.15) is 5.10 Å². The van der Waals surface area contributed by atoms with E-state index in [0.29, 0.717) is 23.7 Å². The lowest BCUT2D eigenvalue weighted by Gasteiger charge is -2.43. The second-order valence-electron chi connectivity index (χ2n) is 6.36. The van der Waals surface area contributed by atoms with Crippen LogP contribution in [0.25, 0.3) is 0 Å². The zero-order valence-electron chi connectivity index (χ0n) is 13.1. The van der Waals surface area contributed by atoms with Crippen molar-refractivity contribution >= 4 is 23.5 Å². The molecule has 0 atom stereocenters. The van der Waals surface area contributed by atoms with E-state index in [1.807, 2.05) is 24.3 Å². The van der Waals surface area contributed by atoms with Crippen LogP contribution in [0.5, 0.6) is 0 Å². The Balaban J connectivity index is 1.49. The highest BCUT2D eigenvalue weighted by atomic mass is 35.5. The molecule has 7 nitrogen and oxygen atoms in total. The van der Waals surface area contributed by atoms with Crippen LogP contribution < -0.4 is 5.32 Å². The molecule has 0 unspecified atom stereocenters. The first-order valence-corrected chi connectivity index (χ1v) is 8.09. The highest BCUT2D eigenvalue weighted by molar-refractivity contribution is 6.31. The second-order valence-corrected chi connectivity index (χ2v) is 6.77. The molecule has 1 aromatic carbocycles. The summed E-state index contributed by atoms with van der Waals surface area (Å²) in [5.74, 6) is 0.416. The van der Waals surface area contributed by atoms with Crippen LogP contribution >= 0.6 is 11.6 Å². The molecule has 1 saturated carbocycles. The quantitative estimate of drug-likeness (QED) is 0.861. The van der Waals surface area contributed by atoms with Crippen LogP contribution in [0.15, 0.2) is 30.6 Å². The number of nitrogens with zero attached hydrogens (tertiary/aromatic N) is 4. The van der Waals surface area contributed by atoms with Crippen molar-refractivity contribution in [2.45, 2.75) is 30.8 Å². The summed E-state index contributed by atoms with van der Waals surface area (Å²) in [6.45, 7) is 0.0873. The van der Waals surface area contributed by atoms with Gasteiger partial charge in [-0.05, 0) is 30.4 Å². The van der Waals surface area contributed by atoms with Crippen molar-refractivity contribution in [3.63, 3.8) is 0 Å². The average Bonchev–Trinajstić information content (AvgIpc) is 3.03. The number of urea groups is 1. The predicted molar refractivity (Wildman–Crippen MR) is 86.2 cm³/mol. The molecule has 2 aliphatic rings. The summed E-state index contributed by atoms with van der Waals surface area (Å²) in [4.78, 5) is 30.2. The van der Waals surface area contributed by atoms with Crippen molar-refractivity contribution in [2.24, 2.45) is 7.05 Å². The third-order valence-electron chi connectivity index (χ3n) is 4.73. The number of hydrogen-bond acceptors (Lipinski definition) is 4. The van der Waals surface area contributed by atoms with E-state index in [-0.39, 0.29) is 24.4 Å². The molecule has 0 radical (unpaired) electrons. The van der Waals surface area contributed by atoms with Crippen molar-refractivity contribution in [3.8, 4) is 0 Å². The summed E-state index contributed by atoms with van der Waals surface area (Å²) < 4.78 is 1.54. The van der Waals surface area contributed by atoms with Gasteiger partial charge in [-0.3, -0.25) is 14.4 Å². The van der Waals surface area contributed by atoms with E-state index >= 15 is 0 Å². The molecule has 1 aliphatic carbocycles. The van der Waals surface area contributed by atoms with E-state index in [4.69, 9.17) is 11.6 Å².